The number of aryl methyl sites for hydroxylation is 2. The van der Waals surface area contributed by atoms with Gasteiger partial charge in [-0.3, -0.25) is 0 Å². The normalized spacial score (nSPS) is 10.6. The van der Waals surface area contributed by atoms with Gasteiger partial charge in [0.2, 0.25) is 5.95 Å². The van der Waals surface area contributed by atoms with Crippen molar-refractivity contribution in [2.75, 3.05) is 5.32 Å². The largest absolute Gasteiger partial charge is 0.324 e. The van der Waals surface area contributed by atoms with Crippen molar-refractivity contribution in [2.45, 2.75) is 20.4 Å². The second kappa shape index (κ2) is 4.98. The highest BCUT2D eigenvalue weighted by Crippen LogP contribution is 2.27. The lowest BCUT2D eigenvalue weighted by molar-refractivity contribution is 0.771. The number of aromatic nitrogens is 2. The third-order valence-electron chi connectivity index (χ3n) is 2.42. The van der Waals surface area contributed by atoms with Crippen LogP contribution in [0, 0.1) is 6.92 Å². The van der Waals surface area contributed by atoms with E-state index in [1.165, 1.54) is 0 Å². The van der Waals surface area contributed by atoms with Crippen LogP contribution in [-0.2, 0) is 6.54 Å². The van der Waals surface area contributed by atoms with Gasteiger partial charge in [0, 0.05) is 17.8 Å². The van der Waals surface area contributed by atoms with Crippen molar-refractivity contribution < 1.29 is 0 Å². The minimum absolute atomic E-state index is 0.584. The lowest BCUT2D eigenvalue weighted by Crippen LogP contribution is -2.01. The Kier molecular flexibility index (Phi) is 3.60. The highest BCUT2D eigenvalue weighted by atomic mass is 35.5. The Morgan fingerprint density at radius 3 is 2.76 bits per heavy atom. The third-order valence-corrected chi connectivity index (χ3v) is 2.96. The average molecular weight is 270 g/mol. The van der Waals surface area contributed by atoms with Gasteiger partial charge in [0.15, 0.2) is 0 Å². The number of nitrogens with one attached hydrogen (secondary N) is 1. The molecule has 0 aliphatic rings. The smallest absolute Gasteiger partial charge is 0.207 e. The van der Waals surface area contributed by atoms with Crippen LogP contribution >= 0.6 is 23.2 Å². The maximum atomic E-state index is 6.10. The van der Waals surface area contributed by atoms with Crippen LogP contribution in [0.15, 0.2) is 24.4 Å². The molecule has 0 bridgehead atoms. The summed E-state index contributed by atoms with van der Waals surface area (Å²) in [5.41, 5.74) is 1.77. The molecule has 17 heavy (non-hydrogen) atoms. The number of rotatable bonds is 3. The standard InChI is InChI=1S/C12H13Cl2N3/c1-3-17-7-8(2)15-12(17)16-11-5-4-9(13)6-10(11)14/h4-7H,3H2,1-2H3,(H,15,16). The summed E-state index contributed by atoms with van der Waals surface area (Å²) in [6, 6.07) is 5.34. The molecule has 1 N–H and O–H groups in total. The molecule has 0 atom stereocenters. The Labute approximate surface area is 110 Å². The summed E-state index contributed by atoms with van der Waals surface area (Å²) < 4.78 is 2.03. The molecule has 0 aliphatic carbocycles. The van der Waals surface area contributed by atoms with E-state index in [-0.39, 0.29) is 0 Å². The number of hydrogen-bond acceptors (Lipinski definition) is 2. The summed E-state index contributed by atoms with van der Waals surface area (Å²) in [5, 5.41) is 4.41. The molecule has 2 aromatic rings. The van der Waals surface area contributed by atoms with E-state index in [2.05, 4.69) is 17.2 Å². The molecule has 2 rings (SSSR count). The van der Waals surface area contributed by atoms with Crippen LogP contribution in [-0.4, -0.2) is 9.55 Å². The third kappa shape index (κ3) is 2.73. The number of benzene rings is 1. The van der Waals surface area contributed by atoms with Crippen LogP contribution in [0.5, 0.6) is 0 Å². The Hall–Kier alpha value is -1.19. The average Bonchev–Trinajstić information content (AvgIpc) is 2.63. The Bertz CT molecular complexity index is 535. The molecule has 0 radical (unpaired) electrons. The van der Waals surface area contributed by atoms with Crippen LogP contribution in [0.25, 0.3) is 0 Å². The summed E-state index contributed by atoms with van der Waals surface area (Å²) in [6.45, 7) is 4.88. The van der Waals surface area contributed by atoms with Crippen LogP contribution in [0.2, 0.25) is 10.0 Å². The van der Waals surface area contributed by atoms with Gasteiger partial charge in [0.05, 0.1) is 16.4 Å². The zero-order valence-electron chi connectivity index (χ0n) is 9.67. The molecular formula is C12H13Cl2N3. The van der Waals surface area contributed by atoms with Gasteiger partial charge in [-0.1, -0.05) is 23.2 Å². The Morgan fingerprint density at radius 2 is 2.12 bits per heavy atom. The minimum atomic E-state index is 0.584. The summed E-state index contributed by atoms with van der Waals surface area (Å²) in [7, 11) is 0. The Balaban J connectivity index is 2.30. The molecule has 0 fully saturated rings. The number of nitrogens with zero attached hydrogens (tertiary/aromatic N) is 2. The van der Waals surface area contributed by atoms with Crippen LogP contribution in [0.4, 0.5) is 11.6 Å². The first kappa shape index (κ1) is 12.3. The van der Waals surface area contributed by atoms with Crippen LogP contribution < -0.4 is 5.32 Å². The zero-order chi connectivity index (χ0) is 12.4. The van der Waals surface area contributed by atoms with Gasteiger partial charge in [-0.05, 0) is 32.0 Å². The zero-order valence-corrected chi connectivity index (χ0v) is 11.2. The first-order valence-corrected chi connectivity index (χ1v) is 6.11. The van der Waals surface area contributed by atoms with E-state index >= 15 is 0 Å². The molecule has 0 saturated carbocycles. The molecule has 0 spiro atoms. The first-order valence-electron chi connectivity index (χ1n) is 5.36. The molecule has 0 saturated heterocycles. The van der Waals surface area contributed by atoms with Gasteiger partial charge >= 0.3 is 0 Å². The number of anilines is 2. The second-order valence-electron chi connectivity index (χ2n) is 3.74. The molecule has 0 amide bonds. The van der Waals surface area contributed by atoms with Gasteiger partial charge in [-0.25, -0.2) is 4.98 Å². The topological polar surface area (TPSA) is 29.9 Å². The summed E-state index contributed by atoms with van der Waals surface area (Å²) in [6.07, 6.45) is 1.99. The molecular weight excluding hydrogens is 257 g/mol. The SMILES string of the molecule is CCn1cc(C)nc1Nc1ccc(Cl)cc1Cl. The number of imidazole rings is 1. The van der Waals surface area contributed by atoms with Gasteiger partial charge in [0.25, 0.3) is 0 Å². The van der Waals surface area contributed by atoms with Crippen molar-refractivity contribution in [1.82, 2.24) is 9.55 Å². The van der Waals surface area contributed by atoms with Crippen molar-refractivity contribution >= 4 is 34.8 Å². The lowest BCUT2D eigenvalue weighted by atomic mass is 10.3. The number of halogens is 2. The fourth-order valence-corrected chi connectivity index (χ4v) is 2.05. The van der Waals surface area contributed by atoms with Crippen molar-refractivity contribution in [2.24, 2.45) is 0 Å². The molecule has 0 unspecified atom stereocenters. The van der Waals surface area contributed by atoms with Gasteiger partial charge < -0.3 is 9.88 Å². The monoisotopic (exact) mass is 269 g/mol. The molecule has 5 heteroatoms. The van der Waals surface area contributed by atoms with E-state index in [1.807, 2.05) is 23.8 Å². The fourth-order valence-electron chi connectivity index (χ4n) is 1.60. The Morgan fingerprint density at radius 1 is 1.35 bits per heavy atom. The lowest BCUT2D eigenvalue weighted by Gasteiger charge is -2.09. The minimum Gasteiger partial charge on any atom is -0.324 e. The van der Waals surface area contributed by atoms with E-state index in [0.717, 1.165) is 23.9 Å². The quantitative estimate of drug-likeness (QED) is 0.902. The highest BCUT2D eigenvalue weighted by molar-refractivity contribution is 6.36. The highest BCUT2D eigenvalue weighted by Gasteiger charge is 2.07. The fraction of sp³-hybridized carbons (Fsp3) is 0.250. The summed E-state index contributed by atoms with van der Waals surface area (Å²) in [4.78, 5) is 4.40. The summed E-state index contributed by atoms with van der Waals surface area (Å²) in [5.74, 6) is 0.786. The molecule has 1 aromatic carbocycles. The van der Waals surface area contributed by atoms with Gasteiger partial charge in [0.1, 0.15) is 0 Å². The van der Waals surface area contributed by atoms with E-state index in [1.54, 1.807) is 12.1 Å². The predicted molar refractivity (Wildman–Crippen MR) is 72.4 cm³/mol. The van der Waals surface area contributed by atoms with Crippen molar-refractivity contribution in [3.63, 3.8) is 0 Å². The second-order valence-corrected chi connectivity index (χ2v) is 4.58. The van der Waals surface area contributed by atoms with E-state index in [4.69, 9.17) is 23.2 Å². The van der Waals surface area contributed by atoms with E-state index in [0.29, 0.717) is 10.0 Å². The van der Waals surface area contributed by atoms with Gasteiger partial charge in [-0.2, -0.15) is 0 Å². The molecule has 3 nitrogen and oxygen atoms in total. The maximum absolute atomic E-state index is 6.10. The number of hydrogen-bond donors (Lipinski definition) is 1. The van der Waals surface area contributed by atoms with Crippen molar-refractivity contribution in [1.29, 1.82) is 0 Å². The molecule has 90 valence electrons. The van der Waals surface area contributed by atoms with Crippen LogP contribution in [0.1, 0.15) is 12.6 Å². The van der Waals surface area contributed by atoms with E-state index < -0.39 is 0 Å². The van der Waals surface area contributed by atoms with Crippen LogP contribution in [0.3, 0.4) is 0 Å². The van der Waals surface area contributed by atoms with Gasteiger partial charge in [-0.15, -0.1) is 0 Å². The predicted octanol–water partition coefficient (Wildman–Crippen LogP) is 4.26. The molecule has 1 heterocycles. The van der Waals surface area contributed by atoms with E-state index in [9.17, 15) is 0 Å². The van der Waals surface area contributed by atoms with Crippen molar-refractivity contribution in [3.8, 4) is 0 Å². The molecule has 1 aromatic heterocycles. The maximum Gasteiger partial charge on any atom is 0.207 e. The van der Waals surface area contributed by atoms with Crippen molar-refractivity contribution in [3.05, 3.63) is 40.1 Å². The molecule has 0 aliphatic heterocycles. The first-order chi connectivity index (χ1) is 8.10. The summed E-state index contributed by atoms with van der Waals surface area (Å²) >= 11 is 11.9.